The normalized spacial score (nSPS) is 14.9. The molecule has 0 bridgehead atoms. The van der Waals surface area contributed by atoms with E-state index in [1.807, 2.05) is 12.1 Å². The monoisotopic (exact) mass is 654 g/mol. The van der Waals surface area contributed by atoms with Crippen molar-refractivity contribution in [1.29, 1.82) is 0 Å². The zero-order valence-electron chi connectivity index (χ0n) is 23.6. The Bertz CT molecular complexity index is 1250. The van der Waals surface area contributed by atoms with Gasteiger partial charge in [-0.05, 0) is 0 Å². The van der Waals surface area contributed by atoms with Crippen LogP contribution in [-0.4, -0.2) is 50.8 Å². The number of aromatic nitrogens is 2. The number of H-pyrrole nitrogens is 1. The van der Waals surface area contributed by atoms with Crippen LogP contribution in [0.25, 0.3) is 17.4 Å². The van der Waals surface area contributed by atoms with Crippen molar-refractivity contribution in [3.8, 4) is 11.3 Å². The summed E-state index contributed by atoms with van der Waals surface area (Å²) in [5.74, 6) is 1.35. The first-order valence-electron chi connectivity index (χ1n) is 14.5. The number of benzene rings is 1. The van der Waals surface area contributed by atoms with Gasteiger partial charge in [0, 0.05) is 11.9 Å². The number of carbonyl (C=O) groups excluding carboxylic acids is 1. The van der Waals surface area contributed by atoms with E-state index in [1.165, 1.54) is 51.8 Å². The second-order valence-electron chi connectivity index (χ2n) is 10.6. The maximum atomic E-state index is 13.0. The average Bonchev–Trinajstić information content (AvgIpc) is 3.70. The molecule has 0 radical (unpaired) electrons. The molecular formula is C31H42N4O2SSn. The molecule has 1 aliphatic rings. The van der Waals surface area contributed by atoms with Crippen molar-refractivity contribution in [2.45, 2.75) is 79.0 Å². The van der Waals surface area contributed by atoms with Crippen LogP contribution in [0.2, 0.25) is 13.3 Å². The molecule has 8 heteroatoms. The summed E-state index contributed by atoms with van der Waals surface area (Å²) in [6, 6.07) is 13.2. The molecule has 3 aromatic rings. The fourth-order valence-electron chi connectivity index (χ4n) is 5.51. The van der Waals surface area contributed by atoms with Gasteiger partial charge in [0.1, 0.15) is 0 Å². The van der Waals surface area contributed by atoms with Crippen molar-refractivity contribution in [3.63, 3.8) is 0 Å². The molecule has 1 aromatic carbocycles. The van der Waals surface area contributed by atoms with E-state index in [0.29, 0.717) is 29.5 Å². The van der Waals surface area contributed by atoms with E-state index in [2.05, 4.69) is 60.3 Å². The molecule has 0 atom stereocenters. The van der Waals surface area contributed by atoms with Gasteiger partial charge in [0.2, 0.25) is 0 Å². The molecule has 3 heterocycles. The van der Waals surface area contributed by atoms with Gasteiger partial charge in [-0.25, -0.2) is 4.98 Å². The summed E-state index contributed by atoms with van der Waals surface area (Å²) < 4.78 is 12.2. The van der Waals surface area contributed by atoms with Gasteiger partial charge >= 0.3 is 215 Å². The summed E-state index contributed by atoms with van der Waals surface area (Å²) >= 11 is 2.89. The number of nitrogens with one attached hydrogen (secondary N) is 2. The Balaban J connectivity index is 1.53. The van der Waals surface area contributed by atoms with E-state index in [9.17, 15) is 4.79 Å². The van der Waals surface area contributed by atoms with Gasteiger partial charge in [-0.2, -0.15) is 0 Å². The molecule has 2 aromatic heterocycles. The SMILES string of the molecule is CCC[CH2][Sn]([CH2]CCC)([CH2]CCC)[c]1cccc(-c2ccc(C=C3NC(=S)N(CCc4cnc[nH]4)C3=O)o2)c1. The van der Waals surface area contributed by atoms with Gasteiger partial charge in [-0.1, -0.05) is 0 Å². The Hall–Kier alpha value is -2.39. The van der Waals surface area contributed by atoms with Crippen molar-refractivity contribution in [2.24, 2.45) is 0 Å². The number of carbonyl (C=O) groups is 1. The molecule has 0 aliphatic carbocycles. The number of hydrogen-bond donors (Lipinski definition) is 2. The number of nitrogens with zero attached hydrogens (tertiary/aromatic N) is 2. The van der Waals surface area contributed by atoms with Crippen LogP contribution in [0.4, 0.5) is 0 Å². The number of amides is 1. The van der Waals surface area contributed by atoms with Crippen molar-refractivity contribution in [2.75, 3.05) is 6.54 Å². The Morgan fingerprint density at radius 2 is 1.74 bits per heavy atom. The van der Waals surface area contributed by atoms with Gasteiger partial charge in [-0.3, -0.25) is 0 Å². The van der Waals surface area contributed by atoms with Gasteiger partial charge in [0.15, 0.2) is 0 Å². The van der Waals surface area contributed by atoms with Gasteiger partial charge < -0.3 is 4.98 Å². The van der Waals surface area contributed by atoms with Gasteiger partial charge in [-0.15, -0.1) is 0 Å². The maximum absolute atomic E-state index is 13.0. The van der Waals surface area contributed by atoms with Crippen molar-refractivity contribution < 1.29 is 9.21 Å². The number of furan rings is 1. The van der Waals surface area contributed by atoms with Crippen LogP contribution in [-0.2, 0) is 11.2 Å². The fraction of sp³-hybridized carbons (Fsp3) is 0.452. The summed E-state index contributed by atoms with van der Waals surface area (Å²) in [5, 5.41) is 3.48. The van der Waals surface area contributed by atoms with Crippen molar-refractivity contribution in [3.05, 3.63) is 66.1 Å². The van der Waals surface area contributed by atoms with Crippen LogP contribution in [0.1, 0.15) is 70.8 Å². The molecule has 1 fully saturated rings. The van der Waals surface area contributed by atoms with E-state index in [0.717, 1.165) is 17.0 Å². The quantitative estimate of drug-likeness (QED) is 0.105. The zero-order valence-corrected chi connectivity index (χ0v) is 27.3. The topological polar surface area (TPSA) is 74.2 Å². The number of thiocarbonyl (C=S) groups is 1. The summed E-state index contributed by atoms with van der Waals surface area (Å²) in [7, 11) is 0. The molecule has 208 valence electrons. The summed E-state index contributed by atoms with van der Waals surface area (Å²) in [5.41, 5.74) is 2.53. The van der Waals surface area contributed by atoms with Crippen LogP contribution < -0.4 is 8.90 Å². The third kappa shape index (κ3) is 7.42. The number of aromatic amines is 1. The second-order valence-corrected chi connectivity index (χ2v) is 24.3. The van der Waals surface area contributed by atoms with E-state index in [1.54, 1.807) is 27.1 Å². The predicted molar refractivity (Wildman–Crippen MR) is 166 cm³/mol. The van der Waals surface area contributed by atoms with E-state index < -0.39 is 18.4 Å². The molecule has 1 saturated heterocycles. The summed E-state index contributed by atoms with van der Waals surface area (Å²) in [6.45, 7) is 7.45. The Morgan fingerprint density at radius 3 is 2.38 bits per heavy atom. The minimum atomic E-state index is -2.54. The second kappa shape index (κ2) is 14.3. The third-order valence-electron chi connectivity index (χ3n) is 7.82. The average molecular weight is 653 g/mol. The molecular weight excluding hydrogens is 611 g/mol. The molecule has 4 rings (SSSR count). The third-order valence-corrected chi connectivity index (χ3v) is 23.7. The number of rotatable bonds is 15. The van der Waals surface area contributed by atoms with Crippen molar-refractivity contribution >= 4 is 51.3 Å². The van der Waals surface area contributed by atoms with Crippen LogP contribution in [0, 0.1) is 0 Å². The Labute approximate surface area is 242 Å². The number of unbranched alkanes of at least 4 members (excludes halogenated alkanes) is 3. The molecule has 1 aliphatic heterocycles. The van der Waals surface area contributed by atoms with E-state index in [-0.39, 0.29) is 5.91 Å². The van der Waals surface area contributed by atoms with E-state index in [4.69, 9.17) is 16.6 Å². The van der Waals surface area contributed by atoms with Crippen LogP contribution in [0.15, 0.2) is 59.0 Å². The first-order valence-corrected chi connectivity index (χ1v) is 22.4. The molecule has 0 saturated carbocycles. The summed E-state index contributed by atoms with van der Waals surface area (Å²) in [6.07, 6.45) is 13.6. The Kier molecular flexibility index (Phi) is 10.9. The van der Waals surface area contributed by atoms with Crippen LogP contribution in [0.3, 0.4) is 0 Å². The summed E-state index contributed by atoms with van der Waals surface area (Å²) in [4.78, 5) is 21.7. The predicted octanol–water partition coefficient (Wildman–Crippen LogP) is 7.03. The number of imidazole rings is 1. The molecule has 39 heavy (non-hydrogen) atoms. The molecule has 2 N–H and O–H groups in total. The van der Waals surface area contributed by atoms with Crippen LogP contribution in [0.5, 0.6) is 0 Å². The van der Waals surface area contributed by atoms with Crippen molar-refractivity contribution in [1.82, 2.24) is 20.2 Å². The first kappa shape index (κ1) is 29.6. The first-order chi connectivity index (χ1) is 19.0. The van der Waals surface area contributed by atoms with E-state index >= 15 is 0 Å². The molecule has 6 nitrogen and oxygen atoms in total. The minimum absolute atomic E-state index is 0.138. The zero-order chi connectivity index (χ0) is 27.7. The van der Waals surface area contributed by atoms with Gasteiger partial charge in [0.25, 0.3) is 0 Å². The standard InChI is InChI=1S/C19H15N4O2S.3C4H9.Sn/c24-18-16(22-19(26)23(18)9-8-14-11-20-12-21-14)10-15-6-7-17(25-15)13-4-2-1-3-5-13;3*1-3-4-2;/h1-2,4-7,10-12H,8-9H2,(H,20,21)(H,22,26);3*1,3-4H2,2H3;. The molecule has 1 amide bonds. The molecule has 0 spiro atoms. The fourth-order valence-corrected chi connectivity index (χ4v) is 21.8. The molecule has 0 unspecified atom stereocenters. The van der Waals surface area contributed by atoms with Crippen LogP contribution >= 0.6 is 12.2 Å². The number of hydrogen-bond acceptors (Lipinski definition) is 4. The van der Waals surface area contributed by atoms with Gasteiger partial charge in [0.05, 0.1) is 6.33 Å². The Morgan fingerprint density at radius 1 is 1.03 bits per heavy atom.